The first-order valence-electron chi connectivity index (χ1n) is 6.59. The number of carbonyl (C=O) groups is 1. The lowest BCUT2D eigenvalue weighted by Crippen LogP contribution is -2.20. The van der Waals surface area contributed by atoms with Crippen molar-refractivity contribution < 1.29 is 14.3 Å². The van der Waals surface area contributed by atoms with Crippen molar-refractivity contribution in [3.05, 3.63) is 52.1 Å². The third kappa shape index (κ3) is 4.93. The van der Waals surface area contributed by atoms with E-state index in [2.05, 4.69) is 27.9 Å². The number of benzene rings is 2. The number of hydrogen-bond acceptors (Lipinski definition) is 3. The number of para-hydroxylation sites is 2. The lowest BCUT2D eigenvalue weighted by atomic mass is 10.3. The molecule has 0 unspecified atom stereocenters. The Morgan fingerprint density at radius 1 is 1.14 bits per heavy atom. The summed E-state index contributed by atoms with van der Waals surface area (Å²) >= 11 is 2.20. The Balaban J connectivity index is 1.93. The second-order valence-corrected chi connectivity index (χ2v) is 5.47. The lowest BCUT2D eigenvalue weighted by molar-refractivity contribution is -0.118. The van der Waals surface area contributed by atoms with Crippen molar-refractivity contribution >= 4 is 34.2 Å². The summed E-state index contributed by atoms with van der Waals surface area (Å²) in [5.74, 6) is 1.11. The Hall–Kier alpha value is -1.76. The van der Waals surface area contributed by atoms with Crippen molar-refractivity contribution in [2.24, 2.45) is 0 Å². The minimum Gasteiger partial charge on any atom is -0.492 e. The fraction of sp³-hybridized carbons (Fsp3) is 0.188. The summed E-state index contributed by atoms with van der Waals surface area (Å²) in [6, 6.07) is 14.9. The molecule has 110 valence electrons. The first-order valence-corrected chi connectivity index (χ1v) is 7.67. The number of rotatable bonds is 6. The molecule has 1 N–H and O–H groups in total. The van der Waals surface area contributed by atoms with Crippen LogP contribution >= 0.6 is 22.6 Å². The van der Waals surface area contributed by atoms with Crippen LogP contribution in [0.1, 0.15) is 6.92 Å². The van der Waals surface area contributed by atoms with Crippen LogP contribution < -0.4 is 14.8 Å². The van der Waals surface area contributed by atoms with E-state index < -0.39 is 0 Å². The van der Waals surface area contributed by atoms with Gasteiger partial charge in [-0.25, -0.2) is 0 Å². The molecule has 0 aliphatic carbocycles. The Kier molecular flexibility index (Phi) is 5.86. The average Bonchev–Trinajstić information content (AvgIpc) is 2.48. The van der Waals surface area contributed by atoms with Gasteiger partial charge >= 0.3 is 0 Å². The maximum absolute atomic E-state index is 11.9. The minimum absolute atomic E-state index is 0.0411. The largest absolute Gasteiger partial charge is 0.492 e. The number of hydrogen-bond donors (Lipinski definition) is 1. The van der Waals surface area contributed by atoms with Gasteiger partial charge in [0.25, 0.3) is 5.91 Å². The molecular formula is C16H16INO3. The van der Waals surface area contributed by atoms with Crippen molar-refractivity contribution in [3.63, 3.8) is 0 Å². The fourth-order valence-corrected chi connectivity index (χ4v) is 2.26. The minimum atomic E-state index is -0.221. The van der Waals surface area contributed by atoms with Crippen LogP contribution in [-0.4, -0.2) is 19.1 Å². The standard InChI is InChI=1S/C16H16INO3/c1-2-20-15-9-4-3-8-14(15)18-16(19)11-21-13-7-5-6-12(17)10-13/h3-10H,2,11H2,1H3,(H,18,19). The molecule has 0 aliphatic rings. The van der Waals surface area contributed by atoms with Gasteiger partial charge in [0, 0.05) is 3.57 Å². The number of carbonyl (C=O) groups excluding carboxylic acids is 1. The quantitative estimate of drug-likeness (QED) is 0.757. The zero-order valence-corrected chi connectivity index (χ0v) is 13.8. The topological polar surface area (TPSA) is 47.6 Å². The molecule has 0 fully saturated rings. The summed E-state index contributed by atoms with van der Waals surface area (Å²) < 4.78 is 12.0. The molecule has 0 spiro atoms. The molecule has 0 heterocycles. The van der Waals surface area contributed by atoms with Crippen LogP contribution in [0.5, 0.6) is 11.5 Å². The van der Waals surface area contributed by atoms with Gasteiger partial charge < -0.3 is 14.8 Å². The van der Waals surface area contributed by atoms with Crippen molar-refractivity contribution in [1.29, 1.82) is 0 Å². The smallest absolute Gasteiger partial charge is 0.262 e. The molecule has 4 nitrogen and oxygen atoms in total. The van der Waals surface area contributed by atoms with Gasteiger partial charge in [-0.15, -0.1) is 0 Å². The zero-order chi connectivity index (χ0) is 15.1. The van der Waals surface area contributed by atoms with Gasteiger partial charge in [-0.3, -0.25) is 4.79 Å². The van der Waals surface area contributed by atoms with Crippen molar-refractivity contribution in [2.75, 3.05) is 18.5 Å². The maximum Gasteiger partial charge on any atom is 0.262 e. The van der Waals surface area contributed by atoms with Gasteiger partial charge in [0.15, 0.2) is 6.61 Å². The molecular weight excluding hydrogens is 381 g/mol. The van der Waals surface area contributed by atoms with E-state index in [4.69, 9.17) is 9.47 Å². The summed E-state index contributed by atoms with van der Waals surface area (Å²) in [6.07, 6.45) is 0. The van der Waals surface area contributed by atoms with Gasteiger partial charge in [-0.05, 0) is 59.8 Å². The summed E-state index contributed by atoms with van der Waals surface area (Å²) in [5, 5.41) is 2.79. The van der Waals surface area contributed by atoms with Crippen LogP contribution in [0.2, 0.25) is 0 Å². The van der Waals surface area contributed by atoms with E-state index in [1.807, 2.05) is 49.4 Å². The Bertz CT molecular complexity index is 616. The highest BCUT2D eigenvalue weighted by Crippen LogP contribution is 2.23. The molecule has 2 rings (SSSR count). The van der Waals surface area contributed by atoms with E-state index in [0.29, 0.717) is 23.8 Å². The van der Waals surface area contributed by atoms with E-state index in [9.17, 15) is 4.79 Å². The van der Waals surface area contributed by atoms with Crippen LogP contribution in [0, 0.1) is 3.57 Å². The predicted octanol–water partition coefficient (Wildman–Crippen LogP) is 3.71. The van der Waals surface area contributed by atoms with E-state index in [1.165, 1.54) is 0 Å². The fourth-order valence-electron chi connectivity index (χ4n) is 1.74. The molecule has 21 heavy (non-hydrogen) atoms. The van der Waals surface area contributed by atoms with Crippen LogP contribution in [0.4, 0.5) is 5.69 Å². The first kappa shape index (κ1) is 15.6. The normalized spacial score (nSPS) is 10.0. The van der Waals surface area contributed by atoms with E-state index in [0.717, 1.165) is 3.57 Å². The monoisotopic (exact) mass is 397 g/mol. The highest BCUT2D eigenvalue weighted by molar-refractivity contribution is 14.1. The SMILES string of the molecule is CCOc1ccccc1NC(=O)COc1cccc(I)c1. The van der Waals surface area contributed by atoms with Crippen LogP contribution in [0.3, 0.4) is 0 Å². The number of nitrogens with one attached hydrogen (secondary N) is 1. The highest BCUT2D eigenvalue weighted by Gasteiger charge is 2.08. The lowest BCUT2D eigenvalue weighted by Gasteiger charge is -2.11. The van der Waals surface area contributed by atoms with Crippen molar-refractivity contribution in [1.82, 2.24) is 0 Å². The predicted molar refractivity (Wildman–Crippen MR) is 90.9 cm³/mol. The van der Waals surface area contributed by atoms with Gasteiger partial charge in [-0.1, -0.05) is 18.2 Å². The Labute approximate surface area is 137 Å². The van der Waals surface area contributed by atoms with Crippen LogP contribution in [0.15, 0.2) is 48.5 Å². The molecule has 2 aromatic carbocycles. The number of halogens is 1. The number of anilines is 1. The van der Waals surface area contributed by atoms with Crippen molar-refractivity contribution in [2.45, 2.75) is 6.92 Å². The Morgan fingerprint density at radius 3 is 2.71 bits per heavy atom. The van der Waals surface area contributed by atoms with Crippen LogP contribution in [-0.2, 0) is 4.79 Å². The molecule has 1 amide bonds. The van der Waals surface area contributed by atoms with Crippen LogP contribution in [0.25, 0.3) is 0 Å². The summed E-state index contributed by atoms with van der Waals surface area (Å²) in [6.45, 7) is 2.41. The number of amides is 1. The molecule has 0 atom stereocenters. The summed E-state index contributed by atoms with van der Waals surface area (Å²) in [7, 11) is 0. The van der Waals surface area contributed by atoms with Gasteiger partial charge in [-0.2, -0.15) is 0 Å². The molecule has 0 bridgehead atoms. The van der Waals surface area contributed by atoms with Gasteiger partial charge in [0.05, 0.1) is 12.3 Å². The number of ether oxygens (including phenoxy) is 2. The second kappa shape index (κ2) is 7.87. The summed E-state index contributed by atoms with van der Waals surface area (Å²) in [5.41, 5.74) is 0.649. The second-order valence-electron chi connectivity index (χ2n) is 4.22. The van der Waals surface area contributed by atoms with Gasteiger partial charge in [0.2, 0.25) is 0 Å². The van der Waals surface area contributed by atoms with Crippen molar-refractivity contribution in [3.8, 4) is 11.5 Å². The molecule has 0 aromatic heterocycles. The van der Waals surface area contributed by atoms with E-state index >= 15 is 0 Å². The molecule has 5 heteroatoms. The highest BCUT2D eigenvalue weighted by atomic mass is 127. The molecule has 0 radical (unpaired) electrons. The van der Waals surface area contributed by atoms with E-state index in [-0.39, 0.29) is 12.5 Å². The first-order chi connectivity index (χ1) is 10.2. The maximum atomic E-state index is 11.9. The van der Waals surface area contributed by atoms with Gasteiger partial charge in [0.1, 0.15) is 11.5 Å². The third-order valence-corrected chi connectivity index (χ3v) is 3.30. The molecule has 0 saturated carbocycles. The third-order valence-electron chi connectivity index (χ3n) is 2.63. The average molecular weight is 397 g/mol. The molecule has 0 aliphatic heterocycles. The Morgan fingerprint density at radius 2 is 1.95 bits per heavy atom. The molecule has 0 saturated heterocycles. The van der Waals surface area contributed by atoms with E-state index in [1.54, 1.807) is 6.07 Å². The zero-order valence-electron chi connectivity index (χ0n) is 11.6. The molecule has 2 aromatic rings. The summed E-state index contributed by atoms with van der Waals surface area (Å²) in [4.78, 5) is 11.9.